The maximum Gasteiger partial charge on any atom is 0.410 e. The van der Waals surface area contributed by atoms with Gasteiger partial charge in [-0.25, -0.2) is 4.79 Å². The number of likely N-dealkylation sites (tertiary alicyclic amines) is 1. The van der Waals surface area contributed by atoms with Crippen molar-refractivity contribution in [3.8, 4) is 0 Å². The van der Waals surface area contributed by atoms with Crippen molar-refractivity contribution < 1.29 is 9.53 Å². The molecule has 1 amide bonds. The third-order valence-electron chi connectivity index (χ3n) is 2.07. The number of rotatable bonds is 2. The number of carbonyl (C=O) groups is 1. The van der Waals surface area contributed by atoms with Gasteiger partial charge in [-0.15, -0.1) is 0 Å². The van der Waals surface area contributed by atoms with E-state index >= 15 is 0 Å². The summed E-state index contributed by atoms with van der Waals surface area (Å²) in [5, 5.41) is 0.597. The van der Waals surface area contributed by atoms with Gasteiger partial charge in [0, 0.05) is 18.3 Å². The molecule has 13 heavy (non-hydrogen) atoms. The summed E-state index contributed by atoms with van der Waals surface area (Å²) < 4.78 is 5.10. The molecule has 1 atom stereocenters. The van der Waals surface area contributed by atoms with Crippen LogP contribution < -0.4 is 0 Å². The summed E-state index contributed by atoms with van der Waals surface area (Å²) in [4.78, 5) is 13.2. The molecule has 0 N–H and O–H groups in total. The van der Waals surface area contributed by atoms with E-state index in [0.29, 0.717) is 5.25 Å². The van der Waals surface area contributed by atoms with E-state index in [-0.39, 0.29) is 12.2 Å². The Morgan fingerprint density at radius 1 is 1.62 bits per heavy atom. The first-order valence-electron chi connectivity index (χ1n) is 4.62. The van der Waals surface area contributed by atoms with E-state index in [4.69, 9.17) is 4.74 Å². The summed E-state index contributed by atoms with van der Waals surface area (Å²) in [6, 6.07) is 0. The van der Waals surface area contributed by atoms with Crippen molar-refractivity contribution in [3.05, 3.63) is 0 Å². The molecule has 1 aliphatic rings. The molecule has 0 aromatic carbocycles. The fourth-order valence-corrected chi connectivity index (χ4v) is 2.03. The number of ether oxygens (including phenoxy) is 1. The maximum absolute atomic E-state index is 11.4. The highest BCUT2D eigenvalue weighted by molar-refractivity contribution is 7.99. The van der Waals surface area contributed by atoms with Crippen molar-refractivity contribution in [1.82, 2.24) is 4.90 Å². The van der Waals surface area contributed by atoms with E-state index in [2.05, 4.69) is 6.26 Å². The van der Waals surface area contributed by atoms with Crippen molar-refractivity contribution in [3.63, 3.8) is 0 Å². The molecule has 1 saturated heterocycles. The quantitative estimate of drug-likeness (QED) is 0.687. The molecule has 4 heteroatoms. The number of carbonyl (C=O) groups excluding carboxylic acids is 1. The van der Waals surface area contributed by atoms with Crippen LogP contribution in [0.15, 0.2) is 0 Å². The average Bonchev–Trinajstić information content (AvgIpc) is 2.50. The van der Waals surface area contributed by atoms with E-state index in [1.54, 1.807) is 4.90 Å². The minimum absolute atomic E-state index is 0.0131. The first-order chi connectivity index (χ1) is 6.13. The average molecular weight is 203 g/mol. The lowest BCUT2D eigenvalue weighted by atomic mass is 10.4. The smallest absolute Gasteiger partial charge is 0.410 e. The van der Waals surface area contributed by atoms with Gasteiger partial charge in [-0.05, 0) is 26.5 Å². The zero-order valence-electron chi connectivity index (χ0n) is 8.45. The van der Waals surface area contributed by atoms with Crippen molar-refractivity contribution >= 4 is 17.9 Å². The van der Waals surface area contributed by atoms with Gasteiger partial charge in [0.1, 0.15) is 0 Å². The van der Waals surface area contributed by atoms with Crippen molar-refractivity contribution in [2.75, 3.05) is 19.3 Å². The number of hydrogen-bond acceptors (Lipinski definition) is 3. The second kappa shape index (κ2) is 4.74. The van der Waals surface area contributed by atoms with Crippen LogP contribution in [0, 0.1) is 0 Å². The highest BCUT2D eigenvalue weighted by Crippen LogP contribution is 2.20. The molecular weight excluding hydrogens is 186 g/mol. The molecule has 1 aliphatic heterocycles. The Balaban J connectivity index is 2.33. The lowest BCUT2D eigenvalue weighted by Gasteiger charge is -2.17. The monoisotopic (exact) mass is 203 g/mol. The van der Waals surface area contributed by atoms with Gasteiger partial charge in [0.05, 0.1) is 6.10 Å². The Labute approximate surface area is 83.8 Å². The van der Waals surface area contributed by atoms with Crippen molar-refractivity contribution in [1.29, 1.82) is 0 Å². The van der Waals surface area contributed by atoms with Crippen LogP contribution in [0.3, 0.4) is 0 Å². The molecule has 1 unspecified atom stereocenters. The molecule has 1 heterocycles. The standard InChI is InChI=1S/C9H17NO2S/c1-7(2)12-9(11)10-5-4-8(6-10)13-3/h7-8H,4-6H2,1-3H3. The summed E-state index contributed by atoms with van der Waals surface area (Å²) in [6.45, 7) is 5.43. The summed E-state index contributed by atoms with van der Waals surface area (Å²) in [7, 11) is 0. The molecular formula is C9H17NO2S. The van der Waals surface area contributed by atoms with Crippen LogP contribution in [-0.4, -0.2) is 41.7 Å². The molecule has 1 rings (SSSR count). The van der Waals surface area contributed by atoms with Gasteiger partial charge in [0.25, 0.3) is 0 Å². The van der Waals surface area contributed by atoms with Crippen LogP contribution in [-0.2, 0) is 4.74 Å². The Morgan fingerprint density at radius 2 is 2.31 bits per heavy atom. The molecule has 0 aliphatic carbocycles. The largest absolute Gasteiger partial charge is 0.447 e. The molecule has 0 spiro atoms. The number of nitrogens with zero attached hydrogens (tertiary/aromatic N) is 1. The van der Waals surface area contributed by atoms with Gasteiger partial charge in [-0.2, -0.15) is 11.8 Å². The van der Waals surface area contributed by atoms with E-state index in [9.17, 15) is 4.79 Å². The number of amides is 1. The third-order valence-corrected chi connectivity index (χ3v) is 3.12. The second-order valence-corrected chi connectivity index (χ2v) is 4.66. The van der Waals surface area contributed by atoms with Gasteiger partial charge < -0.3 is 9.64 Å². The van der Waals surface area contributed by atoms with Gasteiger partial charge in [0.2, 0.25) is 0 Å². The Morgan fingerprint density at radius 3 is 2.77 bits per heavy atom. The van der Waals surface area contributed by atoms with Crippen LogP contribution in [0.25, 0.3) is 0 Å². The van der Waals surface area contributed by atoms with E-state index < -0.39 is 0 Å². The fraction of sp³-hybridized carbons (Fsp3) is 0.889. The first-order valence-corrected chi connectivity index (χ1v) is 5.90. The van der Waals surface area contributed by atoms with Crippen molar-refractivity contribution in [2.24, 2.45) is 0 Å². The normalized spacial score (nSPS) is 22.5. The minimum Gasteiger partial charge on any atom is -0.447 e. The third kappa shape index (κ3) is 3.10. The first kappa shape index (κ1) is 10.7. The van der Waals surface area contributed by atoms with E-state index in [1.165, 1.54) is 0 Å². The Kier molecular flexibility index (Phi) is 3.90. The minimum atomic E-state index is -0.161. The van der Waals surface area contributed by atoms with Crippen LogP contribution in [0.1, 0.15) is 20.3 Å². The summed E-state index contributed by atoms with van der Waals surface area (Å²) in [5.74, 6) is 0. The van der Waals surface area contributed by atoms with Crippen LogP contribution in [0.4, 0.5) is 4.79 Å². The molecule has 0 aromatic rings. The second-order valence-electron chi connectivity index (χ2n) is 3.52. The van der Waals surface area contributed by atoms with Crippen molar-refractivity contribution in [2.45, 2.75) is 31.6 Å². The summed E-state index contributed by atoms with van der Waals surface area (Å²) >= 11 is 1.82. The lowest BCUT2D eigenvalue weighted by molar-refractivity contribution is 0.0838. The molecule has 1 fully saturated rings. The Hall–Kier alpha value is -0.380. The topological polar surface area (TPSA) is 29.5 Å². The Bertz CT molecular complexity index is 184. The predicted molar refractivity (Wildman–Crippen MR) is 55.1 cm³/mol. The summed E-state index contributed by atoms with van der Waals surface area (Å²) in [6.07, 6.45) is 3.00. The predicted octanol–water partition coefficient (Wildman–Crippen LogP) is 1.97. The van der Waals surface area contributed by atoms with Crippen LogP contribution in [0.2, 0.25) is 0 Å². The zero-order chi connectivity index (χ0) is 9.84. The maximum atomic E-state index is 11.4. The van der Waals surface area contributed by atoms with Gasteiger partial charge >= 0.3 is 6.09 Å². The highest BCUT2D eigenvalue weighted by Gasteiger charge is 2.26. The molecule has 0 radical (unpaired) electrons. The molecule has 0 saturated carbocycles. The highest BCUT2D eigenvalue weighted by atomic mass is 32.2. The van der Waals surface area contributed by atoms with Crippen LogP contribution >= 0.6 is 11.8 Å². The van der Waals surface area contributed by atoms with E-state index in [0.717, 1.165) is 19.5 Å². The lowest BCUT2D eigenvalue weighted by Crippen LogP contribution is -2.31. The summed E-state index contributed by atoms with van der Waals surface area (Å²) in [5.41, 5.74) is 0. The number of hydrogen-bond donors (Lipinski definition) is 0. The molecule has 0 bridgehead atoms. The molecule has 0 aromatic heterocycles. The number of thioether (sulfide) groups is 1. The van der Waals surface area contributed by atoms with E-state index in [1.807, 2.05) is 25.6 Å². The SMILES string of the molecule is CSC1CCN(C(=O)OC(C)C)C1. The zero-order valence-corrected chi connectivity index (χ0v) is 9.26. The van der Waals surface area contributed by atoms with Crippen LogP contribution in [0.5, 0.6) is 0 Å². The molecule has 76 valence electrons. The van der Waals surface area contributed by atoms with Gasteiger partial charge in [-0.1, -0.05) is 0 Å². The van der Waals surface area contributed by atoms with Gasteiger partial charge in [0.15, 0.2) is 0 Å². The molecule has 3 nitrogen and oxygen atoms in total. The van der Waals surface area contributed by atoms with Gasteiger partial charge in [-0.3, -0.25) is 0 Å². The fourth-order valence-electron chi connectivity index (χ4n) is 1.36.